The predicted molar refractivity (Wildman–Crippen MR) is 102 cm³/mol. The number of hydrogen-bond donors (Lipinski definition) is 0. The Kier molecular flexibility index (Phi) is 20.7. The Bertz CT molecular complexity index is 110. The van der Waals surface area contributed by atoms with Gasteiger partial charge in [0.25, 0.3) is 0 Å². The van der Waals surface area contributed by atoms with Crippen molar-refractivity contribution in [1.82, 2.24) is 0 Å². The third-order valence-electron chi connectivity index (χ3n) is 1.90. The van der Waals surface area contributed by atoms with Gasteiger partial charge in [-0.15, -0.1) is 0 Å². The second-order valence-electron chi connectivity index (χ2n) is 3.35. The summed E-state index contributed by atoms with van der Waals surface area (Å²) in [7, 11) is 14.9. The van der Waals surface area contributed by atoms with Crippen LogP contribution in [0.2, 0.25) is 0 Å². The standard InChI is InChI=1S/C10H20S4.AsCl3/c1-3-11-7-9-13-5-2-6-14-10-8-12-4-1;2-1(3)4/h1-10H2;. The van der Waals surface area contributed by atoms with Crippen LogP contribution in [0.4, 0.5) is 0 Å². The van der Waals surface area contributed by atoms with Crippen molar-refractivity contribution in [3.8, 4) is 0 Å². The van der Waals surface area contributed by atoms with Gasteiger partial charge in [0.1, 0.15) is 0 Å². The summed E-state index contributed by atoms with van der Waals surface area (Å²) >= 11 is 6.79. The van der Waals surface area contributed by atoms with Crippen LogP contribution in [0.1, 0.15) is 12.8 Å². The van der Waals surface area contributed by atoms with E-state index in [1.807, 2.05) is 0 Å². The molecule has 18 heavy (non-hydrogen) atoms. The molecule has 0 aromatic carbocycles. The van der Waals surface area contributed by atoms with Crippen molar-refractivity contribution in [1.29, 1.82) is 0 Å². The van der Waals surface area contributed by atoms with Gasteiger partial charge >= 0.3 is 41.7 Å². The molecule has 0 N–H and O–H groups in total. The van der Waals surface area contributed by atoms with Crippen LogP contribution in [-0.2, 0) is 0 Å². The average Bonchev–Trinajstić information content (AvgIpc) is 2.32. The van der Waals surface area contributed by atoms with Gasteiger partial charge in [0, 0.05) is 23.0 Å². The van der Waals surface area contributed by atoms with Crippen LogP contribution < -0.4 is 0 Å². The van der Waals surface area contributed by atoms with Gasteiger partial charge in [-0.2, -0.15) is 47.0 Å². The number of hydrogen-bond acceptors (Lipinski definition) is 4. The van der Waals surface area contributed by atoms with Crippen LogP contribution in [0, 0.1) is 0 Å². The van der Waals surface area contributed by atoms with E-state index in [4.69, 9.17) is 29.8 Å². The van der Waals surface area contributed by atoms with Crippen LogP contribution in [-0.4, -0.2) is 57.9 Å². The van der Waals surface area contributed by atoms with Crippen molar-refractivity contribution >= 4 is 88.7 Å². The summed E-state index contributed by atoms with van der Waals surface area (Å²) in [6.45, 7) is 0. The van der Waals surface area contributed by atoms with E-state index in [1.165, 1.54) is 58.9 Å². The fraction of sp³-hybridized carbons (Fsp3) is 1.00. The molecule has 1 saturated heterocycles. The number of thioether (sulfide) groups is 4. The molecular formula is C10H20AsCl3S4. The van der Waals surface area contributed by atoms with Crippen molar-refractivity contribution in [3.63, 3.8) is 0 Å². The summed E-state index contributed by atoms with van der Waals surface area (Å²) < 4.78 is 0. The molecule has 0 atom stereocenters. The minimum atomic E-state index is -1.77. The molecule has 1 fully saturated rings. The van der Waals surface area contributed by atoms with E-state index in [-0.39, 0.29) is 0 Å². The molecule has 0 saturated carbocycles. The summed E-state index contributed by atoms with van der Waals surface area (Å²) in [5.74, 6) is 11.0. The van der Waals surface area contributed by atoms with Crippen molar-refractivity contribution in [2.45, 2.75) is 12.8 Å². The molecule has 8 heteroatoms. The monoisotopic (exact) mass is 448 g/mol. The molecule has 0 unspecified atom stereocenters. The van der Waals surface area contributed by atoms with Crippen molar-refractivity contribution < 1.29 is 0 Å². The van der Waals surface area contributed by atoms with Crippen LogP contribution in [0.25, 0.3) is 0 Å². The molecule has 1 rings (SSSR count). The molecular weight excluding hydrogens is 430 g/mol. The Morgan fingerprint density at radius 1 is 0.500 bits per heavy atom. The summed E-state index contributed by atoms with van der Waals surface area (Å²) in [6.07, 6.45) is 2.81. The minimum absolute atomic E-state index is 1.36. The summed E-state index contributed by atoms with van der Waals surface area (Å²) in [5, 5.41) is 0. The van der Waals surface area contributed by atoms with Gasteiger partial charge in [-0.25, -0.2) is 0 Å². The molecule has 1 aliphatic rings. The SMILES string of the molecule is C1CSCCSCCCSCCSC1.Cl[As](Cl)Cl. The molecule has 0 nitrogen and oxygen atoms in total. The second-order valence-corrected chi connectivity index (χ2v) is 17.0. The Hall–Kier alpha value is 2.83. The van der Waals surface area contributed by atoms with Gasteiger partial charge in [0.2, 0.25) is 0 Å². The van der Waals surface area contributed by atoms with Crippen LogP contribution in [0.5, 0.6) is 0 Å². The van der Waals surface area contributed by atoms with Gasteiger partial charge in [0.15, 0.2) is 0 Å². The molecule has 0 bridgehead atoms. The second kappa shape index (κ2) is 17.9. The van der Waals surface area contributed by atoms with E-state index < -0.39 is 11.8 Å². The third-order valence-corrected chi connectivity index (χ3v) is 6.70. The predicted octanol–water partition coefficient (Wildman–Crippen LogP) is 5.40. The Morgan fingerprint density at radius 2 is 0.722 bits per heavy atom. The topological polar surface area (TPSA) is 0 Å². The Labute approximate surface area is 146 Å². The van der Waals surface area contributed by atoms with Crippen LogP contribution in [0.3, 0.4) is 0 Å². The van der Waals surface area contributed by atoms with Crippen LogP contribution in [0.15, 0.2) is 0 Å². The van der Waals surface area contributed by atoms with E-state index in [2.05, 4.69) is 47.0 Å². The average molecular weight is 450 g/mol. The zero-order valence-corrected chi connectivity index (χ0v) is 17.7. The summed E-state index contributed by atoms with van der Waals surface area (Å²) in [6, 6.07) is 0. The maximum atomic E-state index is 4.95. The van der Waals surface area contributed by atoms with Gasteiger partial charge < -0.3 is 0 Å². The first-order chi connectivity index (χ1) is 8.73. The number of rotatable bonds is 0. The molecule has 0 aliphatic carbocycles. The quantitative estimate of drug-likeness (QED) is 0.454. The zero-order chi connectivity index (χ0) is 13.5. The molecule has 1 heterocycles. The first-order valence-corrected chi connectivity index (χ1v) is 17.8. The van der Waals surface area contributed by atoms with E-state index in [9.17, 15) is 0 Å². The molecule has 0 radical (unpaired) electrons. The first-order valence-electron chi connectivity index (χ1n) is 5.82. The fourth-order valence-corrected chi connectivity index (χ4v) is 5.63. The van der Waals surface area contributed by atoms with Crippen molar-refractivity contribution in [3.05, 3.63) is 0 Å². The summed E-state index contributed by atoms with van der Waals surface area (Å²) in [5.41, 5.74) is 0. The molecule has 1 aliphatic heterocycles. The molecule has 110 valence electrons. The number of halogens is 3. The zero-order valence-electron chi connectivity index (χ0n) is 10.3. The Morgan fingerprint density at radius 3 is 0.944 bits per heavy atom. The van der Waals surface area contributed by atoms with E-state index >= 15 is 0 Å². The Balaban J connectivity index is 0.000000631. The van der Waals surface area contributed by atoms with E-state index in [0.717, 1.165) is 0 Å². The van der Waals surface area contributed by atoms with Gasteiger partial charge in [0.05, 0.1) is 0 Å². The van der Waals surface area contributed by atoms with Gasteiger partial charge in [-0.1, -0.05) is 0 Å². The molecule has 0 aromatic heterocycles. The normalized spacial score (nSPS) is 20.7. The van der Waals surface area contributed by atoms with Crippen molar-refractivity contribution in [2.75, 3.05) is 46.0 Å². The van der Waals surface area contributed by atoms with Crippen LogP contribution >= 0.6 is 76.9 Å². The van der Waals surface area contributed by atoms with Gasteiger partial charge in [-0.3, -0.25) is 0 Å². The van der Waals surface area contributed by atoms with Gasteiger partial charge in [-0.05, 0) is 35.9 Å². The van der Waals surface area contributed by atoms with E-state index in [1.54, 1.807) is 0 Å². The molecule has 0 aromatic rings. The fourth-order valence-electron chi connectivity index (χ4n) is 1.17. The molecule has 0 amide bonds. The summed E-state index contributed by atoms with van der Waals surface area (Å²) in [4.78, 5) is 0. The third kappa shape index (κ3) is 21.1. The first kappa shape index (κ1) is 20.8. The van der Waals surface area contributed by atoms with Crippen molar-refractivity contribution in [2.24, 2.45) is 0 Å². The maximum absolute atomic E-state index is 4.95. The van der Waals surface area contributed by atoms with E-state index in [0.29, 0.717) is 0 Å². The molecule has 0 spiro atoms.